The summed E-state index contributed by atoms with van der Waals surface area (Å²) in [6.07, 6.45) is 3.30. The molecule has 1 fully saturated rings. The first kappa shape index (κ1) is 15.6. The number of aromatic nitrogens is 2. The molecule has 1 N–H and O–H groups in total. The van der Waals surface area contributed by atoms with Gasteiger partial charge in [-0.3, -0.25) is 4.79 Å². The summed E-state index contributed by atoms with van der Waals surface area (Å²) in [6, 6.07) is 10.2. The number of nitrogens with one attached hydrogen (secondary N) is 1. The van der Waals surface area contributed by atoms with Gasteiger partial charge in [-0.2, -0.15) is 0 Å². The summed E-state index contributed by atoms with van der Waals surface area (Å²) in [7, 11) is 0. The van der Waals surface area contributed by atoms with E-state index in [-0.39, 0.29) is 17.9 Å². The summed E-state index contributed by atoms with van der Waals surface area (Å²) >= 11 is 0. The zero-order valence-electron chi connectivity index (χ0n) is 13.6. The number of hydrogen-bond acceptors (Lipinski definition) is 4. The molecule has 0 aliphatic carbocycles. The quantitative estimate of drug-likeness (QED) is 0.945. The first-order chi connectivity index (χ1) is 11.2. The van der Waals surface area contributed by atoms with Gasteiger partial charge in [0.2, 0.25) is 0 Å². The lowest BCUT2D eigenvalue weighted by Gasteiger charge is -2.36. The highest BCUT2D eigenvalue weighted by Crippen LogP contribution is 2.24. The van der Waals surface area contributed by atoms with Crippen molar-refractivity contribution < 1.29 is 4.79 Å². The second-order valence-electron chi connectivity index (χ2n) is 6.11. The maximum absolute atomic E-state index is 12.9. The molecular formula is C18H22N4O. The Morgan fingerprint density at radius 1 is 1.22 bits per heavy atom. The van der Waals surface area contributed by atoms with Gasteiger partial charge in [-0.1, -0.05) is 44.2 Å². The summed E-state index contributed by atoms with van der Waals surface area (Å²) in [5.41, 5.74) is 1.70. The van der Waals surface area contributed by atoms with Gasteiger partial charge in [0.05, 0.1) is 11.6 Å². The summed E-state index contributed by atoms with van der Waals surface area (Å²) in [4.78, 5) is 23.4. The van der Waals surface area contributed by atoms with E-state index in [1.807, 2.05) is 36.9 Å². The first-order valence-electron chi connectivity index (χ1n) is 8.05. The number of benzene rings is 1. The molecule has 0 spiro atoms. The van der Waals surface area contributed by atoms with Gasteiger partial charge in [0.1, 0.15) is 5.82 Å². The van der Waals surface area contributed by atoms with Gasteiger partial charge >= 0.3 is 0 Å². The molecule has 1 aromatic carbocycles. The number of nitrogens with zero attached hydrogens (tertiary/aromatic N) is 3. The lowest BCUT2D eigenvalue weighted by Crippen LogP contribution is -2.48. The van der Waals surface area contributed by atoms with Crippen molar-refractivity contribution in [2.45, 2.75) is 25.8 Å². The van der Waals surface area contributed by atoms with Crippen molar-refractivity contribution in [1.82, 2.24) is 20.2 Å². The Hall–Kier alpha value is -2.27. The molecule has 3 rings (SSSR count). The Morgan fingerprint density at radius 2 is 1.91 bits per heavy atom. The minimum atomic E-state index is -0.00402. The highest BCUT2D eigenvalue weighted by Gasteiger charge is 2.28. The SMILES string of the molecule is CC(C)c1ncc(C(=O)N2CCNC[C@@H]2c2ccccc2)cn1. The van der Waals surface area contributed by atoms with Gasteiger partial charge in [-0.25, -0.2) is 9.97 Å². The van der Waals surface area contributed by atoms with Crippen LogP contribution in [-0.2, 0) is 0 Å². The Balaban J connectivity index is 1.84. The fourth-order valence-corrected chi connectivity index (χ4v) is 2.83. The minimum Gasteiger partial charge on any atom is -0.329 e. The highest BCUT2D eigenvalue weighted by atomic mass is 16.2. The van der Waals surface area contributed by atoms with Crippen LogP contribution in [-0.4, -0.2) is 40.4 Å². The molecule has 23 heavy (non-hydrogen) atoms. The lowest BCUT2D eigenvalue weighted by molar-refractivity contribution is 0.0633. The first-order valence-corrected chi connectivity index (χ1v) is 8.05. The van der Waals surface area contributed by atoms with E-state index in [1.54, 1.807) is 12.4 Å². The zero-order valence-corrected chi connectivity index (χ0v) is 13.6. The topological polar surface area (TPSA) is 58.1 Å². The molecule has 1 aliphatic rings. The third-order valence-electron chi connectivity index (χ3n) is 4.12. The second kappa shape index (κ2) is 6.87. The summed E-state index contributed by atoms with van der Waals surface area (Å²) in [5, 5.41) is 3.37. The zero-order chi connectivity index (χ0) is 16.2. The summed E-state index contributed by atoms with van der Waals surface area (Å²) in [5.74, 6) is 1.02. The van der Waals surface area contributed by atoms with Crippen molar-refractivity contribution in [3.05, 3.63) is 59.7 Å². The van der Waals surface area contributed by atoms with Gasteiger partial charge in [0.25, 0.3) is 5.91 Å². The van der Waals surface area contributed by atoms with Gasteiger partial charge < -0.3 is 10.2 Å². The molecule has 0 radical (unpaired) electrons. The van der Waals surface area contributed by atoms with Crippen LogP contribution in [0.25, 0.3) is 0 Å². The van der Waals surface area contributed by atoms with Crippen LogP contribution in [0.2, 0.25) is 0 Å². The van der Waals surface area contributed by atoms with Gasteiger partial charge in [0, 0.05) is 37.9 Å². The standard InChI is InChI=1S/C18H22N4O/c1-13(2)17-20-10-15(11-21-17)18(23)22-9-8-19-12-16(22)14-6-4-3-5-7-14/h3-7,10-11,13,16,19H,8-9,12H2,1-2H3/t16-/m1/s1. The third-order valence-corrected chi connectivity index (χ3v) is 4.12. The van der Waals surface area contributed by atoms with Crippen molar-refractivity contribution in [3.8, 4) is 0 Å². The molecule has 0 unspecified atom stereocenters. The average Bonchev–Trinajstić information content (AvgIpc) is 2.62. The van der Waals surface area contributed by atoms with Crippen LogP contribution in [0.1, 0.15) is 47.6 Å². The number of amides is 1. The molecule has 5 heteroatoms. The monoisotopic (exact) mass is 310 g/mol. The van der Waals surface area contributed by atoms with Gasteiger partial charge in [0.15, 0.2) is 0 Å². The van der Waals surface area contributed by atoms with E-state index >= 15 is 0 Å². The second-order valence-corrected chi connectivity index (χ2v) is 6.11. The fourth-order valence-electron chi connectivity index (χ4n) is 2.83. The molecule has 1 atom stereocenters. The van der Waals surface area contributed by atoms with Gasteiger partial charge in [-0.15, -0.1) is 0 Å². The predicted octanol–water partition coefficient (Wildman–Crippen LogP) is 2.39. The Bertz CT molecular complexity index is 654. The largest absolute Gasteiger partial charge is 0.329 e. The van der Waals surface area contributed by atoms with E-state index in [4.69, 9.17) is 0 Å². The van der Waals surface area contributed by atoms with Crippen LogP contribution in [0.3, 0.4) is 0 Å². The van der Waals surface area contributed by atoms with Crippen molar-refractivity contribution in [2.75, 3.05) is 19.6 Å². The number of hydrogen-bond donors (Lipinski definition) is 1. The van der Waals surface area contributed by atoms with E-state index < -0.39 is 0 Å². The van der Waals surface area contributed by atoms with Crippen LogP contribution in [0.5, 0.6) is 0 Å². The molecule has 1 aromatic heterocycles. The molecule has 1 saturated heterocycles. The number of carbonyl (C=O) groups excluding carboxylic acids is 1. The van der Waals surface area contributed by atoms with Crippen molar-refractivity contribution in [1.29, 1.82) is 0 Å². The number of rotatable bonds is 3. The van der Waals surface area contributed by atoms with E-state index in [0.29, 0.717) is 12.1 Å². The summed E-state index contributed by atoms with van der Waals surface area (Å²) < 4.78 is 0. The van der Waals surface area contributed by atoms with E-state index in [0.717, 1.165) is 24.5 Å². The van der Waals surface area contributed by atoms with E-state index in [2.05, 4.69) is 27.4 Å². The molecule has 5 nitrogen and oxygen atoms in total. The Labute approximate surface area is 136 Å². The van der Waals surface area contributed by atoms with Crippen molar-refractivity contribution in [3.63, 3.8) is 0 Å². The number of carbonyl (C=O) groups is 1. The molecule has 120 valence electrons. The number of piperazine rings is 1. The van der Waals surface area contributed by atoms with Gasteiger partial charge in [-0.05, 0) is 5.56 Å². The van der Waals surface area contributed by atoms with Crippen LogP contribution in [0.15, 0.2) is 42.7 Å². The maximum atomic E-state index is 12.9. The average molecular weight is 310 g/mol. The predicted molar refractivity (Wildman–Crippen MR) is 89.2 cm³/mol. The van der Waals surface area contributed by atoms with Crippen LogP contribution >= 0.6 is 0 Å². The fraction of sp³-hybridized carbons (Fsp3) is 0.389. The molecular weight excluding hydrogens is 288 g/mol. The van der Waals surface area contributed by atoms with E-state index in [1.165, 1.54) is 0 Å². The third kappa shape index (κ3) is 3.40. The molecule has 0 bridgehead atoms. The smallest absolute Gasteiger partial charge is 0.257 e. The summed E-state index contributed by atoms with van der Waals surface area (Å²) in [6.45, 7) is 6.34. The van der Waals surface area contributed by atoms with Crippen LogP contribution in [0.4, 0.5) is 0 Å². The normalized spacial score (nSPS) is 18.2. The minimum absolute atomic E-state index is 0.00402. The molecule has 1 amide bonds. The molecule has 2 aromatic rings. The Morgan fingerprint density at radius 3 is 2.57 bits per heavy atom. The highest BCUT2D eigenvalue weighted by molar-refractivity contribution is 5.94. The maximum Gasteiger partial charge on any atom is 0.257 e. The lowest BCUT2D eigenvalue weighted by atomic mass is 10.0. The van der Waals surface area contributed by atoms with Crippen LogP contribution in [0, 0.1) is 0 Å². The van der Waals surface area contributed by atoms with Crippen molar-refractivity contribution in [2.24, 2.45) is 0 Å². The van der Waals surface area contributed by atoms with Crippen molar-refractivity contribution >= 4 is 5.91 Å². The molecule has 0 saturated carbocycles. The molecule has 2 heterocycles. The Kier molecular flexibility index (Phi) is 4.67. The van der Waals surface area contributed by atoms with E-state index in [9.17, 15) is 4.79 Å². The molecule has 1 aliphatic heterocycles. The van der Waals surface area contributed by atoms with Crippen LogP contribution < -0.4 is 5.32 Å².